The number of hydrogen-bond acceptors (Lipinski definition) is 7. The molecule has 1 N–H and O–H groups in total. The van der Waals surface area contributed by atoms with Crippen LogP contribution < -0.4 is 16.0 Å². The van der Waals surface area contributed by atoms with Gasteiger partial charge in [-0.05, 0) is 62.2 Å². The smallest absolute Gasteiger partial charge is 0.337 e. The molecule has 1 fully saturated rings. The SMILES string of the molecule is CCCCc1cc(=O)oc2nc(ON=C3CCC(O[Si](C)(C)C(C)(C)C)CC3)[nH]c(=O)c12. The zero-order valence-electron chi connectivity index (χ0n) is 20.0. The Hall–Kier alpha value is -2.26. The van der Waals surface area contributed by atoms with Crippen LogP contribution in [0.1, 0.15) is 71.8 Å². The summed E-state index contributed by atoms with van der Waals surface area (Å²) in [5.41, 5.74) is 0.602. The summed E-state index contributed by atoms with van der Waals surface area (Å²) in [5, 5.41) is 4.67. The highest BCUT2D eigenvalue weighted by Gasteiger charge is 2.39. The van der Waals surface area contributed by atoms with E-state index in [2.05, 4.69) is 49.0 Å². The second-order valence-electron chi connectivity index (χ2n) is 10.1. The zero-order valence-corrected chi connectivity index (χ0v) is 21.0. The van der Waals surface area contributed by atoms with Crippen molar-refractivity contribution in [3.05, 3.63) is 32.4 Å². The lowest BCUT2D eigenvalue weighted by molar-refractivity contribution is 0.157. The highest BCUT2D eigenvalue weighted by Crippen LogP contribution is 2.38. The van der Waals surface area contributed by atoms with Gasteiger partial charge in [0.2, 0.25) is 5.71 Å². The Morgan fingerprint density at radius 2 is 1.94 bits per heavy atom. The first-order chi connectivity index (χ1) is 15.0. The Morgan fingerprint density at radius 3 is 2.56 bits per heavy atom. The van der Waals surface area contributed by atoms with E-state index in [-0.39, 0.29) is 22.9 Å². The van der Waals surface area contributed by atoms with Crippen LogP contribution in [0.2, 0.25) is 18.1 Å². The van der Waals surface area contributed by atoms with E-state index in [1.165, 1.54) is 6.07 Å². The van der Waals surface area contributed by atoms with E-state index in [0.29, 0.717) is 17.4 Å². The number of aryl methyl sites for hydroxylation is 1. The standard InChI is InChI=1S/C23H35N3O5Si/c1-7-8-9-15-14-18(27)29-21-19(15)20(28)24-22(25-21)30-26-16-10-12-17(13-11-16)31-32(5,6)23(2,3)4/h14,17H,7-13H2,1-6H3,(H,24,25,28). The third kappa shape index (κ3) is 5.75. The fourth-order valence-electron chi connectivity index (χ4n) is 3.57. The molecule has 0 bridgehead atoms. The van der Waals surface area contributed by atoms with E-state index in [4.69, 9.17) is 13.7 Å². The van der Waals surface area contributed by atoms with Crippen molar-refractivity contribution in [3.63, 3.8) is 0 Å². The summed E-state index contributed by atoms with van der Waals surface area (Å²) in [6, 6.07) is 1.28. The van der Waals surface area contributed by atoms with Gasteiger partial charge in [-0.3, -0.25) is 9.78 Å². The number of oxime groups is 1. The van der Waals surface area contributed by atoms with Crippen molar-refractivity contribution < 1.29 is 13.7 Å². The third-order valence-corrected chi connectivity index (χ3v) is 11.0. The topological polar surface area (TPSA) is 107 Å². The lowest BCUT2D eigenvalue weighted by Gasteiger charge is -2.40. The summed E-state index contributed by atoms with van der Waals surface area (Å²) < 4.78 is 11.7. The normalized spacial score (nSPS) is 17.6. The average molecular weight is 462 g/mol. The number of nitrogens with zero attached hydrogens (tertiary/aromatic N) is 2. The minimum atomic E-state index is -1.79. The molecule has 0 radical (unpaired) electrons. The minimum absolute atomic E-state index is 0.0194. The van der Waals surface area contributed by atoms with Crippen LogP contribution in [-0.4, -0.2) is 30.1 Å². The van der Waals surface area contributed by atoms with Crippen molar-refractivity contribution in [2.24, 2.45) is 5.16 Å². The molecule has 2 heterocycles. The van der Waals surface area contributed by atoms with Gasteiger partial charge in [0, 0.05) is 12.2 Å². The van der Waals surface area contributed by atoms with Gasteiger partial charge in [0.25, 0.3) is 5.56 Å². The van der Waals surface area contributed by atoms with Crippen LogP contribution in [0, 0.1) is 0 Å². The number of rotatable bonds is 7. The van der Waals surface area contributed by atoms with Gasteiger partial charge in [-0.1, -0.05) is 39.3 Å². The number of unbranched alkanes of at least 4 members (excludes halogenated alkanes) is 1. The Labute approximate surface area is 189 Å². The van der Waals surface area contributed by atoms with Crippen molar-refractivity contribution in [1.82, 2.24) is 9.97 Å². The van der Waals surface area contributed by atoms with Crippen LogP contribution in [0.15, 0.2) is 25.2 Å². The molecule has 0 aromatic carbocycles. The molecule has 2 aromatic rings. The van der Waals surface area contributed by atoms with Crippen LogP contribution in [0.3, 0.4) is 0 Å². The lowest BCUT2D eigenvalue weighted by atomic mass is 9.96. The molecule has 0 saturated heterocycles. The molecule has 2 aromatic heterocycles. The molecule has 9 heteroatoms. The van der Waals surface area contributed by atoms with Crippen molar-refractivity contribution in [2.45, 2.75) is 96.9 Å². The lowest BCUT2D eigenvalue weighted by Crippen LogP contribution is -2.44. The predicted molar refractivity (Wildman–Crippen MR) is 128 cm³/mol. The summed E-state index contributed by atoms with van der Waals surface area (Å²) in [6.07, 6.45) is 6.00. The van der Waals surface area contributed by atoms with Crippen LogP contribution >= 0.6 is 0 Å². The highest BCUT2D eigenvalue weighted by atomic mass is 28.4. The average Bonchev–Trinajstić information content (AvgIpc) is 2.70. The molecule has 32 heavy (non-hydrogen) atoms. The van der Waals surface area contributed by atoms with Gasteiger partial charge in [-0.15, -0.1) is 0 Å². The first kappa shape index (κ1) is 24.4. The molecular weight excluding hydrogens is 426 g/mol. The van der Waals surface area contributed by atoms with Gasteiger partial charge in [0.15, 0.2) is 8.32 Å². The molecule has 1 aliphatic rings. The minimum Gasteiger partial charge on any atom is -0.414 e. The van der Waals surface area contributed by atoms with E-state index < -0.39 is 19.5 Å². The fraction of sp³-hybridized carbons (Fsp3) is 0.652. The van der Waals surface area contributed by atoms with Gasteiger partial charge < -0.3 is 13.7 Å². The number of nitrogens with one attached hydrogen (secondary N) is 1. The molecule has 8 nitrogen and oxygen atoms in total. The molecule has 3 rings (SSSR count). The second-order valence-corrected chi connectivity index (χ2v) is 14.8. The van der Waals surface area contributed by atoms with E-state index in [0.717, 1.165) is 44.2 Å². The van der Waals surface area contributed by atoms with E-state index >= 15 is 0 Å². The Kier molecular flexibility index (Phi) is 7.39. The fourth-order valence-corrected chi connectivity index (χ4v) is 4.99. The van der Waals surface area contributed by atoms with Gasteiger partial charge in [-0.2, -0.15) is 4.98 Å². The molecule has 0 unspecified atom stereocenters. The Morgan fingerprint density at radius 1 is 1.25 bits per heavy atom. The van der Waals surface area contributed by atoms with Gasteiger partial charge in [-0.25, -0.2) is 4.79 Å². The summed E-state index contributed by atoms with van der Waals surface area (Å²) in [7, 11) is -1.79. The first-order valence-electron chi connectivity index (χ1n) is 11.5. The maximum Gasteiger partial charge on any atom is 0.337 e. The predicted octanol–water partition coefficient (Wildman–Crippen LogP) is 4.92. The van der Waals surface area contributed by atoms with E-state index in [1.54, 1.807) is 0 Å². The number of aromatic amines is 1. The van der Waals surface area contributed by atoms with Crippen molar-refractivity contribution in [3.8, 4) is 6.01 Å². The van der Waals surface area contributed by atoms with Crippen molar-refractivity contribution in [1.29, 1.82) is 0 Å². The summed E-state index contributed by atoms with van der Waals surface area (Å²) in [6.45, 7) is 13.3. The number of H-pyrrole nitrogens is 1. The Balaban J connectivity index is 1.69. The quantitative estimate of drug-likeness (QED) is 0.463. The van der Waals surface area contributed by atoms with Crippen LogP contribution in [0.25, 0.3) is 11.1 Å². The van der Waals surface area contributed by atoms with Crippen LogP contribution in [0.4, 0.5) is 0 Å². The van der Waals surface area contributed by atoms with Crippen LogP contribution in [0.5, 0.6) is 6.01 Å². The molecule has 176 valence electrons. The molecule has 0 atom stereocenters. The van der Waals surface area contributed by atoms with Gasteiger partial charge in [0.05, 0.1) is 5.71 Å². The largest absolute Gasteiger partial charge is 0.414 e. The van der Waals surface area contributed by atoms with Crippen molar-refractivity contribution >= 4 is 25.1 Å². The van der Waals surface area contributed by atoms with Gasteiger partial charge >= 0.3 is 11.6 Å². The maximum absolute atomic E-state index is 12.6. The van der Waals surface area contributed by atoms with Crippen molar-refractivity contribution in [2.75, 3.05) is 0 Å². The van der Waals surface area contributed by atoms with E-state index in [1.807, 2.05) is 6.92 Å². The Bertz CT molecular complexity index is 1090. The molecule has 0 spiro atoms. The van der Waals surface area contributed by atoms with E-state index in [9.17, 15) is 9.59 Å². The zero-order chi connectivity index (χ0) is 23.5. The third-order valence-electron chi connectivity index (χ3n) is 6.51. The molecule has 1 saturated carbocycles. The summed E-state index contributed by atoms with van der Waals surface area (Å²) in [4.78, 5) is 36.7. The number of hydrogen-bond donors (Lipinski definition) is 1. The van der Waals surface area contributed by atoms with Crippen LogP contribution in [-0.2, 0) is 10.8 Å². The molecule has 0 amide bonds. The summed E-state index contributed by atoms with van der Waals surface area (Å²) >= 11 is 0. The molecule has 1 aliphatic carbocycles. The number of fused-ring (bicyclic) bond motifs is 1. The molecule has 0 aliphatic heterocycles. The van der Waals surface area contributed by atoms with Gasteiger partial charge in [0.1, 0.15) is 5.39 Å². The second kappa shape index (κ2) is 9.70. The molecular formula is C23H35N3O5Si. The first-order valence-corrected chi connectivity index (χ1v) is 14.4. The monoisotopic (exact) mass is 461 g/mol. The maximum atomic E-state index is 12.6. The number of aromatic nitrogens is 2. The highest BCUT2D eigenvalue weighted by molar-refractivity contribution is 6.74. The summed E-state index contributed by atoms with van der Waals surface area (Å²) in [5.74, 6) is 0.